The van der Waals surface area contributed by atoms with E-state index in [9.17, 15) is 21.6 Å². The molecule has 2 aliphatic carbocycles. The van der Waals surface area contributed by atoms with Gasteiger partial charge < -0.3 is 0 Å². The molecule has 1 heterocycles. The molecule has 0 saturated heterocycles. The van der Waals surface area contributed by atoms with Crippen LogP contribution in [0.4, 0.5) is 13.2 Å². The number of nitrogens with one attached hydrogen (secondary N) is 1. The van der Waals surface area contributed by atoms with Gasteiger partial charge in [-0.05, 0) is 61.8 Å². The van der Waals surface area contributed by atoms with Gasteiger partial charge in [-0.15, -0.1) is 0 Å². The second-order valence-corrected chi connectivity index (χ2v) is 10.0. The molecule has 0 bridgehead atoms. The Morgan fingerprint density at radius 3 is 2.52 bits per heavy atom. The van der Waals surface area contributed by atoms with Gasteiger partial charge in [-0.3, -0.25) is 5.10 Å². The molecule has 0 radical (unpaired) electrons. The van der Waals surface area contributed by atoms with E-state index in [-0.39, 0.29) is 10.8 Å². The van der Waals surface area contributed by atoms with E-state index in [4.69, 9.17) is 0 Å². The summed E-state index contributed by atoms with van der Waals surface area (Å²) in [5, 5.41) is 6.90. The van der Waals surface area contributed by atoms with Crippen LogP contribution in [-0.2, 0) is 22.6 Å². The van der Waals surface area contributed by atoms with Crippen molar-refractivity contribution in [3.63, 3.8) is 0 Å². The highest BCUT2D eigenvalue weighted by Crippen LogP contribution is 2.41. The van der Waals surface area contributed by atoms with E-state index in [0.29, 0.717) is 12.0 Å². The zero-order valence-corrected chi connectivity index (χ0v) is 17.0. The van der Waals surface area contributed by atoms with Crippen LogP contribution < -0.4 is 0 Å². The standard InChI is InChI=1S/C20H24F3N3O2S/c1-26(19-8-4-7-18-17(19)12-24-25-18)29(27,28)16-10-14(13-5-2-3-6-13)9-15(11-16)20(21,22)23/h9-13,19H,2-8H2,1H3,(H,24,25)/t19-/m1/s1. The van der Waals surface area contributed by atoms with Crippen molar-refractivity contribution >= 4 is 10.0 Å². The molecule has 158 valence electrons. The lowest BCUT2D eigenvalue weighted by Gasteiger charge is -2.30. The van der Waals surface area contributed by atoms with Crippen molar-refractivity contribution in [1.29, 1.82) is 0 Å². The fourth-order valence-corrected chi connectivity index (χ4v) is 6.03. The third kappa shape index (κ3) is 3.82. The molecule has 1 aromatic carbocycles. The summed E-state index contributed by atoms with van der Waals surface area (Å²) in [4.78, 5) is -0.285. The predicted octanol–water partition coefficient (Wildman–Crippen LogP) is 4.78. The number of aromatic amines is 1. The van der Waals surface area contributed by atoms with Crippen molar-refractivity contribution < 1.29 is 21.6 Å². The maximum atomic E-state index is 13.5. The second-order valence-electron chi connectivity index (χ2n) is 8.00. The predicted molar refractivity (Wildman–Crippen MR) is 102 cm³/mol. The third-order valence-corrected chi connectivity index (χ3v) is 8.06. The Morgan fingerprint density at radius 2 is 1.83 bits per heavy atom. The van der Waals surface area contributed by atoms with Crippen molar-refractivity contribution in [2.45, 2.75) is 68.0 Å². The number of sulfonamides is 1. The van der Waals surface area contributed by atoms with E-state index < -0.39 is 27.8 Å². The van der Waals surface area contributed by atoms with Crippen molar-refractivity contribution in [3.8, 4) is 0 Å². The lowest BCUT2D eigenvalue weighted by atomic mass is 9.93. The van der Waals surface area contributed by atoms with Gasteiger partial charge >= 0.3 is 6.18 Å². The molecule has 1 fully saturated rings. The van der Waals surface area contributed by atoms with Gasteiger partial charge in [-0.2, -0.15) is 22.6 Å². The van der Waals surface area contributed by atoms with Crippen molar-refractivity contribution in [3.05, 3.63) is 46.8 Å². The Bertz CT molecular complexity index is 995. The molecule has 1 aromatic heterocycles. The molecular weight excluding hydrogens is 403 g/mol. The van der Waals surface area contributed by atoms with Gasteiger partial charge in [0.05, 0.1) is 22.7 Å². The van der Waals surface area contributed by atoms with Crippen LogP contribution in [-0.4, -0.2) is 30.0 Å². The summed E-state index contributed by atoms with van der Waals surface area (Å²) in [6.45, 7) is 0. The minimum Gasteiger partial charge on any atom is -0.282 e. The normalized spacial score (nSPS) is 20.9. The Labute approximate surface area is 168 Å². The smallest absolute Gasteiger partial charge is 0.282 e. The lowest BCUT2D eigenvalue weighted by Crippen LogP contribution is -2.33. The first-order valence-corrected chi connectivity index (χ1v) is 11.3. The summed E-state index contributed by atoms with van der Waals surface area (Å²) in [6, 6.07) is 2.88. The average molecular weight is 427 g/mol. The van der Waals surface area contributed by atoms with E-state index in [1.807, 2.05) is 0 Å². The second kappa shape index (κ2) is 7.43. The van der Waals surface area contributed by atoms with Gasteiger partial charge in [0.2, 0.25) is 10.0 Å². The minimum absolute atomic E-state index is 0.0216. The highest BCUT2D eigenvalue weighted by atomic mass is 32.2. The first-order valence-electron chi connectivity index (χ1n) is 9.90. The van der Waals surface area contributed by atoms with Crippen molar-refractivity contribution in [2.24, 2.45) is 0 Å². The van der Waals surface area contributed by atoms with Crippen LogP contribution in [0.2, 0.25) is 0 Å². The molecule has 0 spiro atoms. The van der Waals surface area contributed by atoms with Crippen LogP contribution in [0.3, 0.4) is 0 Å². The number of aromatic nitrogens is 2. The number of hydrogen-bond donors (Lipinski definition) is 1. The fourth-order valence-electron chi connectivity index (χ4n) is 4.58. The Hall–Kier alpha value is -1.87. The highest BCUT2D eigenvalue weighted by Gasteiger charge is 2.37. The SMILES string of the molecule is CN([C@@H]1CCCc2[nH]ncc21)S(=O)(=O)c1cc(C2CCCC2)cc(C(F)(F)F)c1. The van der Waals surface area contributed by atoms with E-state index in [1.165, 1.54) is 17.4 Å². The number of nitrogens with zero attached hydrogens (tertiary/aromatic N) is 2. The number of rotatable bonds is 4. The van der Waals surface area contributed by atoms with Gasteiger partial charge in [0.25, 0.3) is 0 Å². The summed E-state index contributed by atoms with van der Waals surface area (Å²) in [5.41, 5.74) is 1.25. The maximum Gasteiger partial charge on any atom is 0.416 e. The molecule has 0 aliphatic heterocycles. The fraction of sp³-hybridized carbons (Fsp3) is 0.550. The topological polar surface area (TPSA) is 66.1 Å². The largest absolute Gasteiger partial charge is 0.416 e. The monoisotopic (exact) mass is 427 g/mol. The van der Waals surface area contributed by atoms with Gasteiger partial charge in [0, 0.05) is 18.3 Å². The minimum atomic E-state index is -4.60. The van der Waals surface area contributed by atoms with Crippen molar-refractivity contribution in [1.82, 2.24) is 14.5 Å². The van der Waals surface area contributed by atoms with E-state index in [0.717, 1.165) is 61.9 Å². The molecule has 1 atom stereocenters. The van der Waals surface area contributed by atoms with Gasteiger partial charge in [-0.25, -0.2) is 8.42 Å². The molecule has 1 saturated carbocycles. The van der Waals surface area contributed by atoms with Crippen LogP contribution in [0, 0.1) is 0 Å². The average Bonchev–Trinajstić information content (AvgIpc) is 3.37. The summed E-state index contributed by atoms with van der Waals surface area (Å²) in [7, 11) is -2.66. The number of alkyl halides is 3. The number of H-pyrrole nitrogens is 1. The van der Waals surface area contributed by atoms with Crippen LogP contribution in [0.25, 0.3) is 0 Å². The van der Waals surface area contributed by atoms with E-state index in [1.54, 1.807) is 6.20 Å². The first-order chi connectivity index (χ1) is 13.7. The summed E-state index contributed by atoms with van der Waals surface area (Å²) in [5.74, 6) is -0.0216. The molecule has 2 aliphatic rings. The van der Waals surface area contributed by atoms with Gasteiger partial charge in [0.1, 0.15) is 0 Å². The third-order valence-electron chi connectivity index (χ3n) is 6.21. The number of aryl methyl sites for hydroxylation is 1. The van der Waals surface area contributed by atoms with Crippen LogP contribution in [0.15, 0.2) is 29.3 Å². The lowest BCUT2D eigenvalue weighted by molar-refractivity contribution is -0.137. The molecule has 1 N–H and O–H groups in total. The van der Waals surface area contributed by atoms with Gasteiger partial charge in [0.15, 0.2) is 0 Å². The van der Waals surface area contributed by atoms with Crippen LogP contribution in [0.5, 0.6) is 0 Å². The number of halogens is 3. The zero-order chi connectivity index (χ0) is 20.8. The molecule has 9 heteroatoms. The highest BCUT2D eigenvalue weighted by molar-refractivity contribution is 7.89. The zero-order valence-electron chi connectivity index (χ0n) is 16.2. The van der Waals surface area contributed by atoms with E-state index >= 15 is 0 Å². The number of benzene rings is 1. The molecule has 5 nitrogen and oxygen atoms in total. The Morgan fingerprint density at radius 1 is 1.10 bits per heavy atom. The van der Waals surface area contributed by atoms with E-state index in [2.05, 4.69) is 10.2 Å². The molecule has 0 amide bonds. The first kappa shape index (κ1) is 20.4. The summed E-state index contributed by atoms with van der Waals surface area (Å²) < 4.78 is 68.4. The number of hydrogen-bond acceptors (Lipinski definition) is 3. The Kier molecular flexibility index (Phi) is 5.23. The molecule has 4 rings (SSSR count). The molecule has 29 heavy (non-hydrogen) atoms. The van der Waals surface area contributed by atoms with Gasteiger partial charge in [-0.1, -0.05) is 12.8 Å². The van der Waals surface area contributed by atoms with Crippen LogP contribution >= 0.6 is 0 Å². The van der Waals surface area contributed by atoms with Crippen molar-refractivity contribution in [2.75, 3.05) is 7.05 Å². The molecule has 2 aromatic rings. The summed E-state index contributed by atoms with van der Waals surface area (Å²) in [6.07, 6.45) is 2.68. The van der Waals surface area contributed by atoms with Crippen LogP contribution in [0.1, 0.15) is 72.9 Å². The number of fused-ring (bicyclic) bond motifs is 1. The maximum absolute atomic E-state index is 13.5. The molecular formula is C20H24F3N3O2S. The molecule has 0 unspecified atom stereocenters. The quantitative estimate of drug-likeness (QED) is 0.763. The summed E-state index contributed by atoms with van der Waals surface area (Å²) >= 11 is 0. The Balaban J connectivity index is 1.75.